The fraction of sp³-hybridized carbons (Fsp3) is 0.0667. The molecule has 2 rings (SSSR count). The van der Waals surface area contributed by atoms with Crippen molar-refractivity contribution >= 4 is 69.9 Å². The fourth-order valence-electron chi connectivity index (χ4n) is 1.89. The highest BCUT2D eigenvalue weighted by Crippen LogP contribution is 2.49. The summed E-state index contributed by atoms with van der Waals surface area (Å²) < 4.78 is 5.07. The zero-order valence-corrected chi connectivity index (χ0v) is 15.4. The van der Waals surface area contributed by atoms with Gasteiger partial charge in [-0.15, -0.1) is 0 Å². The Morgan fingerprint density at radius 1 is 0.875 bits per heavy atom. The molecular weight excluding hydrogens is 421 g/mol. The Bertz CT molecular complexity index is 806. The van der Waals surface area contributed by atoms with Gasteiger partial charge in [-0.1, -0.05) is 76.2 Å². The molecule has 9 heteroatoms. The van der Waals surface area contributed by atoms with Crippen LogP contribution in [0.25, 0.3) is 11.1 Å². The first-order valence-electron chi connectivity index (χ1n) is 6.27. The van der Waals surface area contributed by atoms with Crippen LogP contribution in [0.2, 0.25) is 25.1 Å². The Kier molecular flexibility index (Phi) is 6.23. The molecule has 0 saturated heterocycles. The third-order valence-electron chi connectivity index (χ3n) is 2.89. The maximum absolute atomic E-state index is 11.6. The Labute approximate surface area is 161 Å². The van der Waals surface area contributed by atoms with Crippen molar-refractivity contribution in [2.75, 3.05) is 0 Å². The molecule has 0 aliphatic carbocycles. The number of esters is 1. The van der Waals surface area contributed by atoms with Crippen LogP contribution >= 0.6 is 58.0 Å². The third kappa shape index (κ3) is 3.90. The number of aliphatic carboxylic acids is 1. The number of carbonyl (C=O) groups excluding carboxylic acids is 1. The lowest BCUT2D eigenvalue weighted by atomic mass is 10.0. The number of ether oxygens (including phenoxy) is 1. The van der Waals surface area contributed by atoms with Crippen molar-refractivity contribution in [3.05, 3.63) is 49.4 Å². The number of hydrogen-bond acceptors (Lipinski definition) is 3. The molecule has 0 heterocycles. The van der Waals surface area contributed by atoms with Gasteiger partial charge in [-0.2, -0.15) is 0 Å². The van der Waals surface area contributed by atoms with Gasteiger partial charge in [0.25, 0.3) is 0 Å². The summed E-state index contributed by atoms with van der Waals surface area (Å²) in [6.45, 7) is 0. The molecule has 0 fully saturated rings. The van der Waals surface area contributed by atoms with E-state index in [0.717, 1.165) is 0 Å². The lowest BCUT2D eigenvalue weighted by Crippen LogP contribution is -2.13. The van der Waals surface area contributed by atoms with Crippen LogP contribution in [0.5, 0.6) is 5.75 Å². The minimum absolute atomic E-state index is 0.00237. The lowest BCUT2D eigenvalue weighted by molar-refractivity contribution is -0.145. The van der Waals surface area contributed by atoms with Gasteiger partial charge in [-0.3, -0.25) is 9.59 Å². The summed E-state index contributed by atoms with van der Waals surface area (Å²) in [4.78, 5) is 22.2. The quantitative estimate of drug-likeness (QED) is 0.213. The molecule has 2 aromatic carbocycles. The van der Waals surface area contributed by atoms with Gasteiger partial charge < -0.3 is 9.84 Å². The van der Waals surface area contributed by atoms with Crippen LogP contribution in [0.3, 0.4) is 0 Å². The van der Waals surface area contributed by atoms with Gasteiger partial charge in [0.05, 0.1) is 25.1 Å². The first-order valence-corrected chi connectivity index (χ1v) is 8.16. The van der Waals surface area contributed by atoms with E-state index in [1.807, 2.05) is 0 Å². The van der Waals surface area contributed by atoms with E-state index in [0.29, 0.717) is 5.56 Å². The first kappa shape index (κ1) is 19.2. The van der Waals surface area contributed by atoms with Gasteiger partial charge in [0.15, 0.2) is 0 Å². The SMILES string of the molecule is O=C(O)CC(=O)Oc1ccccc1-c1c(Cl)c(Cl)c(Cl)c(Cl)c1Cl. The number of hydrogen-bond donors (Lipinski definition) is 1. The normalized spacial score (nSPS) is 10.5. The van der Waals surface area contributed by atoms with Crippen LogP contribution in [0.1, 0.15) is 6.42 Å². The van der Waals surface area contributed by atoms with Crippen molar-refractivity contribution in [1.29, 1.82) is 0 Å². The molecule has 0 bridgehead atoms. The molecule has 1 N–H and O–H groups in total. The molecule has 0 aliphatic rings. The number of halogens is 5. The minimum atomic E-state index is -1.31. The molecule has 0 spiro atoms. The van der Waals surface area contributed by atoms with Crippen molar-refractivity contribution in [2.45, 2.75) is 6.42 Å². The maximum atomic E-state index is 11.6. The Hall–Kier alpha value is -1.17. The van der Waals surface area contributed by atoms with Crippen molar-refractivity contribution in [1.82, 2.24) is 0 Å². The van der Waals surface area contributed by atoms with E-state index in [1.165, 1.54) is 6.07 Å². The van der Waals surface area contributed by atoms with Crippen LogP contribution in [0, 0.1) is 0 Å². The molecule has 0 aromatic heterocycles. The second-order valence-corrected chi connectivity index (χ2v) is 6.38. The number of rotatable bonds is 4. The molecule has 0 radical (unpaired) electrons. The Morgan fingerprint density at radius 3 is 1.92 bits per heavy atom. The van der Waals surface area contributed by atoms with Gasteiger partial charge in [-0.05, 0) is 6.07 Å². The third-order valence-corrected chi connectivity index (χ3v) is 5.16. The molecule has 0 amide bonds. The van der Waals surface area contributed by atoms with Crippen LogP contribution in [0.15, 0.2) is 24.3 Å². The Morgan fingerprint density at radius 2 is 1.38 bits per heavy atom. The van der Waals surface area contributed by atoms with Gasteiger partial charge in [0.2, 0.25) is 0 Å². The van der Waals surface area contributed by atoms with E-state index < -0.39 is 18.4 Å². The largest absolute Gasteiger partial charge is 0.481 e. The summed E-state index contributed by atoms with van der Waals surface area (Å²) in [7, 11) is 0. The first-order chi connectivity index (χ1) is 11.2. The highest BCUT2D eigenvalue weighted by atomic mass is 35.5. The number of carboxylic acids is 1. The number of carbonyl (C=O) groups is 2. The highest BCUT2D eigenvalue weighted by molar-refractivity contribution is 6.56. The summed E-state index contributed by atoms with van der Waals surface area (Å²) in [5, 5.41) is 8.69. The van der Waals surface area contributed by atoms with Crippen molar-refractivity contribution < 1.29 is 19.4 Å². The van der Waals surface area contributed by atoms with E-state index in [9.17, 15) is 9.59 Å². The van der Waals surface area contributed by atoms with Gasteiger partial charge in [0, 0.05) is 11.1 Å². The smallest absolute Gasteiger partial charge is 0.322 e. The second kappa shape index (κ2) is 7.81. The van der Waals surface area contributed by atoms with Gasteiger partial charge in [-0.25, -0.2) is 0 Å². The van der Waals surface area contributed by atoms with Crippen molar-refractivity contribution in [3.63, 3.8) is 0 Å². The predicted octanol–water partition coefficient (Wildman–Crippen LogP) is 6.00. The van der Waals surface area contributed by atoms with E-state index in [4.69, 9.17) is 67.8 Å². The highest BCUT2D eigenvalue weighted by Gasteiger charge is 2.23. The summed E-state index contributed by atoms with van der Waals surface area (Å²) in [5.41, 5.74) is 0.531. The second-order valence-electron chi connectivity index (χ2n) is 4.49. The predicted molar refractivity (Wildman–Crippen MR) is 94.8 cm³/mol. The topological polar surface area (TPSA) is 63.6 Å². The molecule has 2 aromatic rings. The van der Waals surface area contributed by atoms with Crippen LogP contribution in [0.4, 0.5) is 0 Å². The fourth-order valence-corrected chi connectivity index (χ4v) is 3.23. The number of carboxylic acid groups (broad SMARTS) is 1. The zero-order chi connectivity index (χ0) is 18.0. The lowest BCUT2D eigenvalue weighted by Gasteiger charge is -2.15. The van der Waals surface area contributed by atoms with Gasteiger partial charge in [0.1, 0.15) is 12.2 Å². The van der Waals surface area contributed by atoms with Crippen molar-refractivity contribution in [3.8, 4) is 16.9 Å². The number of benzene rings is 2. The van der Waals surface area contributed by atoms with E-state index >= 15 is 0 Å². The molecule has 0 aliphatic heterocycles. The van der Waals surface area contributed by atoms with Crippen LogP contribution in [-0.2, 0) is 9.59 Å². The molecule has 0 atom stereocenters. The van der Waals surface area contributed by atoms with Crippen molar-refractivity contribution in [2.24, 2.45) is 0 Å². The van der Waals surface area contributed by atoms with E-state index in [-0.39, 0.29) is 36.4 Å². The molecule has 4 nitrogen and oxygen atoms in total. The van der Waals surface area contributed by atoms with Crippen LogP contribution < -0.4 is 4.74 Å². The standard InChI is InChI=1S/C15H7Cl5O4/c16-11-10(12(17)14(19)15(20)13(11)18)6-3-1-2-4-7(6)24-9(23)5-8(21)22/h1-4H,5H2,(H,21,22). The van der Waals surface area contributed by atoms with Gasteiger partial charge >= 0.3 is 11.9 Å². The monoisotopic (exact) mass is 426 g/mol. The number of para-hydroxylation sites is 1. The van der Waals surface area contributed by atoms with E-state index in [1.54, 1.807) is 18.2 Å². The summed E-state index contributed by atoms with van der Waals surface area (Å²) in [6, 6.07) is 6.26. The molecule has 0 saturated carbocycles. The average molecular weight is 428 g/mol. The molecular formula is C15H7Cl5O4. The zero-order valence-electron chi connectivity index (χ0n) is 11.6. The molecule has 24 heavy (non-hydrogen) atoms. The Balaban J connectivity index is 2.59. The maximum Gasteiger partial charge on any atom is 0.322 e. The summed E-state index contributed by atoms with van der Waals surface area (Å²) in [5.74, 6) is -2.21. The van der Waals surface area contributed by atoms with Crippen LogP contribution in [-0.4, -0.2) is 17.0 Å². The summed E-state index contributed by atoms with van der Waals surface area (Å²) >= 11 is 30.5. The van der Waals surface area contributed by atoms with E-state index in [2.05, 4.69) is 0 Å². The average Bonchev–Trinajstić information content (AvgIpc) is 2.52. The molecule has 126 valence electrons. The summed E-state index contributed by atoms with van der Waals surface area (Å²) in [6.07, 6.45) is -0.794. The molecule has 0 unspecified atom stereocenters. The minimum Gasteiger partial charge on any atom is -0.481 e.